The van der Waals surface area contributed by atoms with E-state index in [1.54, 1.807) is 6.07 Å². The fraction of sp³-hybridized carbons (Fsp3) is 0.458. The van der Waals surface area contributed by atoms with Crippen molar-refractivity contribution in [3.63, 3.8) is 0 Å². The SMILES string of the molecule is CCNC(=NCc1ccc(N2CCN(CC)CC2)c(F)c1)NCc1ccc2c(c1)OCO2.I. The van der Waals surface area contributed by atoms with E-state index in [-0.39, 0.29) is 36.6 Å². The number of hydrogen-bond donors (Lipinski definition) is 2. The van der Waals surface area contributed by atoms with Crippen LogP contribution in [0.5, 0.6) is 11.5 Å². The molecule has 1 fully saturated rings. The van der Waals surface area contributed by atoms with Gasteiger partial charge in [-0.3, -0.25) is 0 Å². The molecular weight excluding hydrogens is 536 g/mol. The average molecular weight is 569 g/mol. The van der Waals surface area contributed by atoms with Gasteiger partial charge in [0, 0.05) is 39.3 Å². The van der Waals surface area contributed by atoms with E-state index in [2.05, 4.69) is 32.3 Å². The van der Waals surface area contributed by atoms with E-state index in [4.69, 9.17) is 9.47 Å². The molecule has 0 radical (unpaired) electrons. The van der Waals surface area contributed by atoms with Gasteiger partial charge in [-0.05, 0) is 48.9 Å². The number of guanidine groups is 1. The molecule has 2 heterocycles. The van der Waals surface area contributed by atoms with Crippen molar-refractivity contribution in [2.75, 3.05) is 51.0 Å². The number of halogens is 2. The molecule has 7 nitrogen and oxygen atoms in total. The predicted molar refractivity (Wildman–Crippen MR) is 140 cm³/mol. The topological polar surface area (TPSA) is 61.4 Å². The van der Waals surface area contributed by atoms with Gasteiger partial charge in [0.05, 0.1) is 12.2 Å². The van der Waals surface area contributed by atoms with Crippen molar-refractivity contribution >= 4 is 35.6 Å². The van der Waals surface area contributed by atoms with Crippen molar-refractivity contribution in [2.45, 2.75) is 26.9 Å². The molecule has 2 aliphatic heterocycles. The Morgan fingerprint density at radius 1 is 0.970 bits per heavy atom. The van der Waals surface area contributed by atoms with Crippen molar-refractivity contribution < 1.29 is 13.9 Å². The number of fused-ring (bicyclic) bond motifs is 1. The molecule has 2 N–H and O–H groups in total. The van der Waals surface area contributed by atoms with Crippen LogP contribution >= 0.6 is 24.0 Å². The molecule has 0 atom stereocenters. The monoisotopic (exact) mass is 569 g/mol. The molecule has 0 aliphatic carbocycles. The minimum atomic E-state index is -0.180. The van der Waals surface area contributed by atoms with Gasteiger partial charge in [0.25, 0.3) is 0 Å². The Hall–Kier alpha value is -2.27. The molecule has 0 amide bonds. The Morgan fingerprint density at radius 3 is 2.45 bits per heavy atom. The Kier molecular flexibility index (Phi) is 9.42. The van der Waals surface area contributed by atoms with Gasteiger partial charge in [-0.2, -0.15) is 0 Å². The third-order valence-corrected chi connectivity index (χ3v) is 5.83. The number of hydrogen-bond acceptors (Lipinski definition) is 5. The molecule has 0 bridgehead atoms. The van der Waals surface area contributed by atoms with E-state index >= 15 is 0 Å². The van der Waals surface area contributed by atoms with Crippen LogP contribution in [0.4, 0.5) is 10.1 Å². The number of piperazine rings is 1. The first-order chi connectivity index (χ1) is 15.7. The van der Waals surface area contributed by atoms with Crippen molar-refractivity contribution in [3.8, 4) is 11.5 Å². The Balaban J connectivity index is 0.00000306. The van der Waals surface area contributed by atoms with E-state index in [9.17, 15) is 4.39 Å². The number of nitrogens with zero attached hydrogens (tertiary/aromatic N) is 3. The second-order valence-electron chi connectivity index (χ2n) is 7.94. The van der Waals surface area contributed by atoms with Crippen LogP contribution in [-0.4, -0.2) is 56.9 Å². The van der Waals surface area contributed by atoms with Crippen molar-refractivity contribution in [1.29, 1.82) is 0 Å². The van der Waals surface area contributed by atoms with E-state index in [0.29, 0.717) is 24.7 Å². The standard InChI is InChI=1S/C24H32FN5O2.HI/c1-3-26-24(28-16-19-6-8-22-23(14-19)32-17-31-22)27-15-18-5-7-21(20(25)13-18)30-11-9-29(4-2)10-12-30;/h5-8,13-14H,3-4,9-12,15-17H2,1-2H3,(H2,26,27,28);1H. The molecule has 1 saturated heterocycles. The fourth-order valence-electron chi connectivity index (χ4n) is 3.96. The summed E-state index contributed by atoms with van der Waals surface area (Å²) in [5, 5.41) is 6.56. The van der Waals surface area contributed by atoms with Crippen LogP contribution in [0.3, 0.4) is 0 Å². The highest BCUT2D eigenvalue weighted by molar-refractivity contribution is 14.0. The summed E-state index contributed by atoms with van der Waals surface area (Å²) in [6.45, 7) is 10.9. The molecule has 0 aromatic heterocycles. The van der Waals surface area contributed by atoms with Crippen LogP contribution in [0.2, 0.25) is 0 Å². The number of benzene rings is 2. The zero-order chi connectivity index (χ0) is 22.3. The van der Waals surface area contributed by atoms with Gasteiger partial charge in [-0.25, -0.2) is 9.38 Å². The molecular formula is C24H33FIN5O2. The number of anilines is 1. The summed E-state index contributed by atoms with van der Waals surface area (Å²) in [4.78, 5) is 9.14. The quantitative estimate of drug-likeness (QED) is 0.302. The molecule has 0 saturated carbocycles. The number of rotatable bonds is 7. The summed E-state index contributed by atoms with van der Waals surface area (Å²) >= 11 is 0. The maximum atomic E-state index is 14.8. The van der Waals surface area contributed by atoms with Crippen LogP contribution in [-0.2, 0) is 13.1 Å². The summed E-state index contributed by atoms with van der Waals surface area (Å²) in [5.41, 5.74) is 2.60. The predicted octanol–water partition coefficient (Wildman–Crippen LogP) is 3.57. The van der Waals surface area contributed by atoms with Crippen LogP contribution in [0, 0.1) is 5.82 Å². The third kappa shape index (κ3) is 6.63. The minimum Gasteiger partial charge on any atom is -0.454 e. The third-order valence-electron chi connectivity index (χ3n) is 5.83. The van der Waals surface area contributed by atoms with Gasteiger partial charge in [-0.15, -0.1) is 24.0 Å². The molecule has 0 spiro atoms. The summed E-state index contributed by atoms with van der Waals surface area (Å²) < 4.78 is 25.6. The lowest BCUT2D eigenvalue weighted by atomic mass is 10.1. The highest BCUT2D eigenvalue weighted by Gasteiger charge is 2.18. The lowest BCUT2D eigenvalue weighted by molar-refractivity contribution is 0.174. The maximum Gasteiger partial charge on any atom is 0.231 e. The lowest BCUT2D eigenvalue weighted by Gasteiger charge is -2.35. The van der Waals surface area contributed by atoms with Crippen molar-refractivity contribution in [2.24, 2.45) is 4.99 Å². The number of likely N-dealkylation sites (N-methyl/N-ethyl adjacent to an activating group) is 1. The average Bonchev–Trinajstić information content (AvgIpc) is 3.29. The largest absolute Gasteiger partial charge is 0.454 e. The molecule has 4 rings (SSSR count). The summed E-state index contributed by atoms with van der Waals surface area (Å²) in [5.74, 6) is 2.04. The van der Waals surface area contributed by atoms with Crippen molar-refractivity contribution in [3.05, 3.63) is 53.3 Å². The molecule has 9 heteroatoms. The molecule has 180 valence electrons. The summed E-state index contributed by atoms with van der Waals surface area (Å²) in [6, 6.07) is 11.3. The van der Waals surface area contributed by atoms with Crippen LogP contribution in [0.1, 0.15) is 25.0 Å². The van der Waals surface area contributed by atoms with Gasteiger partial charge in [-0.1, -0.05) is 19.1 Å². The first-order valence-corrected chi connectivity index (χ1v) is 11.3. The zero-order valence-electron chi connectivity index (χ0n) is 19.3. The normalized spacial score (nSPS) is 15.8. The Labute approximate surface area is 212 Å². The van der Waals surface area contributed by atoms with E-state index < -0.39 is 0 Å². The van der Waals surface area contributed by atoms with Gasteiger partial charge < -0.3 is 29.9 Å². The molecule has 2 aliphatic rings. The Bertz CT molecular complexity index is 950. The molecule has 33 heavy (non-hydrogen) atoms. The first kappa shape index (κ1) is 25.4. The smallest absolute Gasteiger partial charge is 0.231 e. The van der Waals surface area contributed by atoms with E-state index in [1.165, 1.54) is 0 Å². The second kappa shape index (κ2) is 12.3. The Morgan fingerprint density at radius 2 is 1.73 bits per heavy atom. The van der Waals surface area contributed by atoms with Crippen LogP contribution < -0.4 is 25.0 Å². The van der Waals surface area contributed by atoms with Gasteiger partial charge >= 0.3 is 0 Å². The summed E-state index contributed by atoms with van der Waals surface area (Å²) in [7, 11) is 0. The molecule has 0 unspecified atom stereocenters. The molecule has 2 aromatic rings. The number of ether oxygens (including phenoxy) is 2. The van der Waals surface area contributed by atoms with Crippen LogP contribution in [0.15, 0.2) is 41.4 Å². The van der Waals surface area contributed by atoms with Gasteiger partial charge in [0.15, 0.2) is 17.5 Å². The molecule has 2 aromatic carbocycles. The first-order valence-electron chi connectivity index (χ1n) is 11.3. The van der Waals surface area contributed by atoms with Crippen LogP contribution in [0.25, 0.3) is 0 Å². The van der Waals surface area contributed by atoms with E-state index in [1.807, 2.05) is 37.3 Å². The lowest BCUT2D eigenvalue weighted by Crippen LogP contribution is -2.46. The van der Waals surface area contributed by atoms with Crippen molar-refractivity contribution in [1.82, 2.24) is 15.5 Å². The summed E-state index contributed by atoms with van der Waals surface area (Å²) in [6.07, 6.45) is 0. The van der Waals surface area contributed by atoms with Gasteiger partial charge in [0.1, 0.15) is 5.82 Å². The highest BCUT2D eigenvalue weighted by Crippen LogP contribution is 2.32. The second-order valence-corrected chi connectivity index (χ2v) is 7.94. The highest BCUT2D eigenvalue weighted by atomic mass is 127. The van der Waals surface area contributed by atoms with Gasteiger partial charge in [0.2, 0.25) is 6.79 Å². The number of aliphatic imine (C=N–C) groups is 1. The fourth-order valence-corrected chi connectivity index (χ4v) is 3.96. The minimum absolute atomic E-state index is 0. The number of nitrogens with one attached hydrogen (secondary N) is 2. The zero-order valence-corrected chi connectivity index (χ0v) is 21.6. The maximum absolute atomic E-state index is 14.8. The van der Waals surface area contributed by atoms with E-state index in [0.717, 1.165) is 61.9 Å².